The van der Waals surface area contributed by atoms with E-state index in [1.807, 2.05) is 17.9 Å². The zero-order chi connectivity index (χ0) is 22.9. The number of piperazine rings is 1. The Labute approximate surface area is 197 Å². The van der Waals surface area contributed by atoms with Gasteiger partial charge in [-0.2, -0.15) is 0 Å². The van der Waals surface area contributed by atoms with Crippen LogP contribution in [0.25, 0.3) is 22.5 Å². The lowest BCUT2D eigenvalue weighted by atomic mass is 9.84. The van der Waals surface area contributed by atoms with Gasteiger partial charge in [-0.15, -0.1) is 0 Å². The average Bonchev–Trinajstić information content (AvgIpc) is 2.78. The standard InChI is InChI=1S/C25H25ClFN5O/c1-16-13-18(27)5-6-19(16)23-24(20-7-8-28-14-21(20)26)30-22(15-29-23)31-9-11-32(12-10-31)25(33)17-3-2-4-17/h5-8,13-15,17H,2-4,9-12H2,1H3. The Balaban J connectivity index is 1.47. The molecule has 3 aromatic rings. The molecule has 8 heteroatoms. The Kier molecular flexibility index (Phi) is 5.98. The fourth-order valence-corrected chi connectivity index (χ4v) is 4.66. The highest BCUT2D eigenvalue weighted by atomic mass is 35.5. The number of aryl methyl sites for hydroxylation is 1. The second-order valence-electron chi connectivity index (χ2n) is 8.68. The first-order valence-corrected chi connectivity index (χ1v) is 11.7. The molecule has 0 unspecified atom stereocenters. The molecule has 2 aliphatic rings. The number of anilines is 1. The number of benzene rings is 1. The second-order valence-corrected chi connectivity index (χ2v) is 9.09. The molecule has 0 atom stereocenters. The highest BCUT2D eigenvalue weighted by Gasteiger charge is 2.31. The van der Waals surface area contributed by atoms with E-state index in [1.165, 1.54) is 12.1 Å². The van der Waals surface area contributed by atoms with Crippen LogP contribution in [0.1, 0.15) is 24.8 Å². The van der Waals surface area contributed by atoms with Crippen LogP contribution in [-0.4, -0.2) is 51.9 Å². The highest BCUT2D eigenvalue weighted by molar-refractivity contribution is 6.33. The van der Waals surface area contributed by atoms with Gasteiger partial charge in [0, 0.05) is 55.6 Å². The van der Waals surface area contributed by atoms with Gasteiger partial charge in [-0.1, -0.05) is 18.0 Å². The molecule has 5 rings (SSSR count). The van der Waals surface area contributed by atoms with Crippen molar-refractivity contribution in [2.24, 2.45) is 5.92 Å². The Bertz CT molecular complexity index is 1190. The number of hydrogen-bond donors (Lipinski definition) is 0. The highest BCUT2D eigenvalue weighted by Crippen LogP contribution is 2.36. The number of pyridine rings is 1. The maximum Gasteiger partial charge on any atom is 0.225 e. The normalized spacial score (nSPS) is 16.6. The van der Waals surface area contributed by atoms with Crippen molar-refractivity contribution in [2.75, 3.05) is 31.1 Å². The quantitative estimate of drug-likeness (QED) is 0.556. The van der Waals surface area contributed by atoms with Crippen LogP contribution in [0.3, 0.4) is 0 Å². The third-order valence-electron chi connectivity index (χ3n) is 6.60. The van der Waals surface area contributed by atoms with Gasteiger partial charge in [-0.05, 0) is 49.6 Å². The number of aromatic nitrogens is 3. The molecule has 1 saturated heterocycles. The van der Waals surface area contributed by atoms with Crippen molar-refractivity contribution < 1.29 is 9.18 Å². The van der Waals surface area contributed by atoms with Gasteiger partial charge in [0.2, 0.25) is 5.91 Å². The topological polar surface area (TPSA) is 62.2 Å². The van der Waals surface area contributed by atoms with E-state index >= 15 is 0 Å². The monoisotopic (exact) mass is 465 g/mol. The number of amides is 1. The largest absolute Gasteiger partial charge is 0.352 e. The van der Waals surface area contributed by atoms with Gasteiger partial charge in [0.25, 0.3) is 0 Å². The predicted molar refractivity (Wildman–Crippen MR) is 127 cm³/mol. The van der Waals surface area contributed by atoms with E-state index < -0.39 is 0 Å². The van der Waals surface area contributed by atoms with Crippen LogP contribution < -0.4 is 4.90 Å². The lowest BCUT2D eigenvalue weighted by Gasteiger charge is -2.38. The minimum atomic E-state index is -0.293. The molecule has 1 aliphatic carbocycles. The van der Waals surface area contributed by atoms with Gasteiger partial charge in [0.15, 0.2) is 0 Å². The summed E-state index contributed by atoms with van der Waals surface area (Å²) in [5, 5.41) is 0.473. The number of carbonyl (C=O) groups is 1. The maximum atomic E-state index is 13.7. The summed E-state index contributed by atoms with van der Waals surface area (Å²) < 4.78 is 13.7. The third kappa shape index (κ3) is 4.29. The fourth-order valence-electron chi connectivity index (χ4n) is 4.45. The van der Waals surface area contributed by atoms with Gasteiger partial charge < -0.3 is 9.80 Å². The maximum absolute atomic E-state index is 13.7. The molecule has 1 aliphatic heterocycles. The Morgan fingerprint density at radius 1 is 1.06 bits per heavy atom. The van der Waals surface area contributed by atoms with Gasteiger partial charge in [0.1, 0.15) is 17.3 Å². The SMILES string of the molecule is Cc1cc(F)ccc1-c1ncc(N2CCN(C(=O)C3CCC3)CC2)nc1-c1ccncc1Cl. The van der Waals surface area contributed by atoms with Crippen molar-refractivity contribution >= 4 is 23.3 Å². The number of rotatable bonds is 4. The molecule has 3 heterocycles. The van der Waals surface area contributed by atoms with Crippen molar-refractivity contribution in [3.05, 3.63) is 59.3 Å². The van der Waals surface area contributed by atoms with E-state index in [-0.39, 0.29) is 11.7 Å². The van der Waals surface area contributed by atoms with E-state index in [2.05, 4.69) is 9.88 Å². The van der Waals surface area contributed by atoms with E-state index in [4.69, 9.17) is 21.6 Å². The van der Waals surface area contributed by atoms with E-state index in [9.17, 15) is 9.18 Å². The smallest absolute Gasteiger partial charge is 0.225 e. The number of hydrogen-bond acceptors (Lipinski definition) is 5. The van der Waals surface area contributed by atoms with Crippen LogP contribution in [0, 0.1) is 18.7 Å². The van der Waals surface area contributed by atoms with E-state index in [1.54, 1.807) is 24.7 Å². The van der Waals surface area contributed by atoms with Crippen molar-refractivity contribution in [1.82, 2.24) is 19.9 Å². The zero-order valence-corrected chi connectivity index (χ0v) is 19.2. The van der Waals surface area contributed by atoms with Crippen molar-refractivity contribution in [1.29, 1.82) is 0 Å². The molecule has 2 fully saturated rings. The van der Waals surface area contributed by atoms with Crippen LogP contribution in [0.5, 0.6) is 0 Å². The lowest BCUT2D eigenvalue weighted by Crippen LogP contribution is -2.51. The average molecular weight is 466 g/mol. The number of nitrogens with zero attached hydrogens (tertiary/aromatic N) is 5. The summed E-state index contributed by atoms with van der Waals surface area (Å²) >= 11 is 6.48. The molecule has 0 spiro atoms. The van der Waals surface area contributed by atoms with Gasteiger partial charge in [-0.3, -0.25) is 14.8 Å². The molecule has 0 N–H and O–H groups in total. The van der Waals surface area contributed by atoms with E-state index in [0.717, 1.165) is 41.8 Å². The molecule has 1 aromatic carbocycles. The molecule has 0 radical (unpaired) electrons. The van der Waals surface area contributed by atoms with Crippen LogP contribution in [0.2, 0.25) is 5.02 Å². The molecule has 1 amide bonds. The molecule has 170 valence electrons. The summed E-state index contributed by atoms with van der Waals surface area (Å²) in [5.41, 5.74) is 3.56. The minimum absolute atomic E-state index is 0.218. The van der Waals surface area contributed by atoms with Crippen LogP contribution in [0.4, 0.5) is 10.2 Å². The third-order valence-corrected chi connectivity index (χ3v) is 6.90. The molecule has 2 aromatic heterocycles. The second kappa shape index (κ2) is 9.06. The summed E-state index contributed by atoms with van der Waals surface area (Å²) in [6.07, 6.45) is 8.20. The Morgan fingerprint density at radius 3 is 2.52 bits per heavy atom. The van der Waals surface area contributed by atoms with Crippen molar-refractivity contribution in [2.45, 2.75) is 26.2 Å². The van der Waals surface area contributed by atoms with Crippen molar-refractivity contribution in [3.63, 3.8) is 0 Å². The predicted octanol–water partition coefficient (Wildman–Crippen LogP) is 4.76. The van der Waals surface area contributed by atoms with Gasteiger partial charge >= 0.3 is 0 Å². The zero-order valence-electron chi connectivity index (χ0n) is 18.5. The van der Waals surface area contributed by atoms with Gasteiger partial charge in [0.05, 0.1) is 16.9 Å². The number of halogens is 2. The summed E-state index contributed by atoms with van der Waals surface area (Å²) in [7, 11) is 0. The number of carbonyl (C=O) groups excluding carboxylic acids is 1. The van der Waals surface area contributed by atoms with Crippen molar-refractivity contribution in [3.8, 4) is 22.5 Å². The summed E-state index contributed by atoms with van der Waals surface area (Å²) in [5.74, 6) is 0.948. The molecule has 6 nitrogen and oxygen atoms in total. The molecule has 0 bridgehead atoms. The first-order chi connectivity index (χ1) is 16.0. The van der Waals surface area contributed by atoms with Crippen LogP contribution >= 0.6 is 11.6 Å². The van der Waals surface area contributed by atoms with E-state index in [0.29, 0.717) is 48.5 Å². The summed E-state index contributed by atoms with van der Waals surface area (Å²) in [6.45, 7) is 4.61. The Morgan fingerprint density at radius 2 is 1.85 bits per heavy atom. The Hall–Kier alpha value is -3.06. The molecular weight excluding hydrogens is 441 g/mol. The molecule has 33 heavy (non-hydrogen) atoms. The van der Waals surface area contributed by atoms with Crippen LogP contribution in [-0.2, 0) is 4.79 Å². The summed E-state index contributed by atoms with van der Waals surface area (Å²) in [6, 6.07) is 6.45. The fraction of sp³-hybridized carbons (Fsp3) is 0.360. The first-order valence-electron chi connectivity index (χ1n) is 11.3. The molecular formula is C25H25ClFN5O. The van der Waals surface area contributed by atoms with Crippen LogP contribution in [0.15, 0.2) is 42.9 Å². The summed E-state index contributed by atoms with van der Waals surface area (Å²) in [4.78, 5) is 30.5. The molecule has 1 saturated carbocycles. The lowest BCUT2D eigenvalue weighted by molar-refractivity contribution is -0.138. The minimum Gasteiger partial charge on any atom is -0.352 e. The van der Waals surface area contributed by atoms with Gasteiger partial charge in [-0.25, -0.2) is 9.37 Å². The first kappa shape index (κ1) is 21.8.